The summed E-state index contributed by atoms with van der Waals surface area (Å²) in [5.41, 5.74) is 3.35. The van der Waals surface area contributed by atoms with Crippen LogP contribution in [-0.4, -0.2) is 65.6 Å². The van der Waals surface area contributed by atoms with Crippen LogP contribution in [-0.2, 0) is 11.3 Å². The monoisotopic (exact) mass is 438 g/mol. The number of piperidine rings is 1. The molecule has 0 atom stereocenters. The molecule has 1 fully saturated rings. The van der Waals surface area contributed by atoms with Gasteiger partial charge in [0.2, 0.25) is 5.91 Å². The van der Waals surface area contributed by atoms with E-state index in [2.05, 4.69) is 5.32 Å². The lowest BCUT2D eigenvalue weighted by Gasteiger charge is -2.26. The number of nitrogens with zero attached hydrogens (tertiary/aromatic N) is 3. The van der Waals surface area contributed by atoms with Crippen LogP contribution in [0.25, 0.3) is 0 Å². The molecule has 0 saturated carbocycles. The third kappa shape index (κ3) is 7.07. The predicted molar refractivity (Wildman–Crippen MR) is 126 cm³/mol. The van der Waals surface area contributed by atoms with Gasteiger partial charge in [-0.3, -0.25) is 14.8 Å². The van der Waals surface area contributed by atoms with E-state index in [1.54, 1.807) is 0 Å². The van der Waals surface area contributed by atoms with Gasteiger partial charge in [0.15, 0.2) is 0 Å². The molecule has 7 heteroatoms. The number of likely N-dealkylation sites (tertiary alicyclic amines) is 1. The Kier molecular flexibility index (Phi) is 8.64. The molecule has 1 heterocycles. The molecule has 32 heavy (non-hydrogen) atoms. The predicted octanol–water partition coefficient (Wildman–Crippen LogP) is 4.12. The summed E-state index contributed by atoms with van der Waals surface area (Å²) in [6.07, 6.45) is 4.41. The lowest BCUT2D eigenvalue weighted by atomic mass is 10.1. The maximum atomic E-state index is 12.6. The summed E-state index contributed by atoms with van der Waals surface area (Å²) < 4.78 is 0. The van der Waals surface area contributed by atoms with Crippen LogP contribution in [0.4, 0.5) is 11.4 Å². The van der Waals surface area contributed by atoms with Crippen LogP contribution in [0.1, 0.15) is 48.0 Å². The first-order valence-electron chi connectivity index (χ1n) is 11.3. The highest BCUT2D eigenvalue weighted by atomic mass is 16.5. The number of carbonyl (C=O) groups excluding carboxylic acids is 2. The molecule has 3 rings (SSSR count). The van der Waals surface area contributed by atoms with Crippen molar-refractivity contribution in [2.24, 2.45) is 0 Å². The molecule has 0 bridgehead atoms. The van der Waals surface area contributed by atoms with Crippen molar-refractivity contribution in [3.8, 4) is 0 Å². The molecule has 0 unspecified atom stereocenters. The van der Waals surface area contributed by atoms with Crippen LogP contribution in [0.3, 0.4) is 0 Å². The van der Waals surface area contributed by atoms with Crippen LogP contribution >= 0.6 is 0 Å². The van der Waals surface area contributed by atoms with Crippen molar-refractivity contribution in [1.82, 2.24) is 14.9 Å². The number of hydrogen-bond donors (Lipinski definition) is 2. The number of nitrogens with one attached hydrogen (secondary N) is 1. The summed E-state index contributed by atoms with van der Waals surface area (Å²) >= 11 is 0. The second-order valence-corrected chi connectivity index (χ2v) is 8.61. The number of anilines is 2. The van der Waals surface area contributed by atoms with Gasteiger partial charge in [0.05, 0.1) is 6.54 Å². The molecule has 2 aromatic carbocycles. The highest BCUT2D eigenvalue weighted by Crippen LogP contribution is 2.20. The molecule has 2 amide bonds. The van der Waals surface area contributed by atoms with Gasteiger partial charge in [0.1, 0.15) is 0 Å². The Morgan fingerprint density at radius 3 is 2.12 bits per heavy atom. The maximum Gasteiger partial charge on any atom is 0.253 e. The number of amides is 2. The fraction of sp³-hybridized carbons (Fsp3) is 0.440. The molecule has 1 aliphatic heterocycles. The highest BCUT2D eigenvalue weighted by molar-refractivity contribution is 5.94. The standard InChI is InChI=1S/C25H34N4O3/c1-27(2)16-6-7-24(30)29(32)19-20-8-12-22(13-9-20)26-23-14-10-21(11-15-23)25(31)28-17-4-3-5-18-28/h8-15,26,32H,3-7,16-19H2,1-2H3. The summed E-state index contributed by atoms with van der Waals surface area (Å²) in [7, 11) is 3.92. The van der Waals surface area contributed by atoms with Crippen LogP contribution in [0, 0.1) is 0 Å². The smallest absolute Gasteiger partial charge is 0.253 e. The van der Waals surface area contributed by atoms with E-state index in [9.17, 15) is 14.8 Å². The van der Waals surface area contributed by atoms with Gasteiger partial charge in [-0.05, 0) is 88.3 Å². The zero-order valence-corrected chi connectivity index (χ0v) is 19.1. The van der Waals surface area contributed by atoms with E-state index in [-0.39, 0.29) is 18.4 Å². The van der Waals surface area contributed by atoms with Gasteiger partial charge in [0.25, 0.3) is 5.91 Å². The SMILES string of the molecule is CN(C)CCCC(=O)N(O)Cc1ccc(Nc2ccc(C(=O)N3CCCCC3)cc2)cc1. The van der Waals surface area contributed by atoms with Crippen LogP contribution in [0.5, 0.6) is 0 Å². The zero-order valence-electron chi connectivity index (χ0n) is 19.1. The number of carbonyl (C=O) groups is 2. The molecule has 0 aromatic heterocycles. The summed E-state index contributed by atoms with van der Waals surface area (Å²) in [5.74, 6) is -0.168. The van der Waals surface area contributed by atoms with E-state index in [1.165, 1.54) is 6.42 Å². The Morgan fingerprint density at radius 2 is 1.53 bits per heavy atom. The number of hydroxylamine groups is 2. The fourth-order valence-electron chi connectivity index (χ4n) is 3.77. The van der Waals surface area contributed by atoms with E-state index >= 15 is 0 Å². The van der Waals surface area contributed by atoms with E-state index in [1.807, 2.05) is 72.4 Å². The number of rotatable bonds is 9. The van der Waals surface area contributed by atoms with Crippen molar-refractivity contribution in [3.63, 3.8) is 0 Å². The largest absolute Gasteiger partial charge is 0.356 e. The van der Waals surface area contributed by atoms with Crippen LogP contribution < -0.4 is 5.32 Å². The topological polar surface area (TPSA) is 76.1 Å². The second kappa shape index (κ2) is 11.6. The van der Waals surface area contributed by atoms with Crippen molar-refractivity contribution in [1.29, 1.82) is 0 Å². The Labute approximate surface area is 190 Å². The van der Waals surface area contributed by atoms with Gasteiger partial charge < -0.3 is 15.1 Å². The second-order valence-electron chi connectivity index (χ2n) is 8.61. The van der Waals surface area contributed by atoms with Gasteiger partial charge >= 0.3 is 0 Å². The summed E-state index contributed by atoms with van der Waals surface area (Å²) in [4.78, 5) is 28.6. The summed E-state index contributed by atoms with van der Waals surface area (Å²) in [5, 5.41) is 14.1. The van der Waals surface area contributed by atoms with Crippen LogP contribution in [0.15, 0.2) is 48.5 Å². The van der Waals surface area contributed by atoms with Gasteiger partial charge in [0, 0.05) is 36.4 Å². The van der Waals surface area contributed by atoms with Gasteiger partial charge in [-0.1, -0.05) is 12.1 Å². The summed E-state index contributed by atoms with van der Waals surface area (Å²) in [6, 6.07) is 15.1. The first-order chi connectivity index (χ1) is 15.4. The Morgan fingerprint density at radius 1 is 0.938 bits per heavy atom. The van der Waals surface area contributed by atoms with E-state index < -0.39 is 0 Å². The average molecular weight is 439 g/mol. The third-order valence-corrected chi connectivity index (χ3v) is 5.63. The third-order valence-electron chi connectivity index (χ3n) is 5.63. The van der Waals surface area contributed by atoms with Gasteiger partial charge in [-0.25, -0.2) is 5.06 Å². The Balaban J connectivity index is 1.49. The molecule has 2 N–H and O–H groups in total. The molecular weight excluding hydrogens is 404 g/mol. The molecule has 0 aliphatic carbocycles. The first-order valence-corrected chi connectivity index (χ1v) is 11.3. The van der Waals surface area contributed by atoms with Crippen molar-refractivity contribution >= 4 is 23.2 Å². The van der Waals surface area contributed by atoms with Crippen molar-refractivity contribution in [2.45, 2.75) is 38.6 Å². The number of benzene rings is 2. The summed E-state index contributed by atoms with van der Waals surface area (Å²) in [6.45, 7) is 2.66. The van der Waals surface area contributed by atoms with Crippen molar-refractivity contribution < 1.29 is 14.8 Å². The fourth-order valence-corrected chi connectivity index (χ4v) is 3.77. The van der Waals surface area contributed by atoms with Crippen molar-refractivity contribution in [3.05, 3.63) is 59.7 Å². The van der Waals surface area contributed by atoms with Crippen LogP contribution in [0.2, 0.25) is 0 Å². The molecule has 1 aliphatic rings. The maximum absolute atomic E-state index is 12.6. The molecule has 172 valence electrons. The molecule has 0 radical (unpaired) electrons. The Hall–Kier alpha value is -2.90. The van der Waals surface area contributed by atoms with Gasteiger partial charge in [-0.15, -0.1) is 0 Å². The molecular formula is C25H34N4O3. The van der Waals surface area contributed by atoms with Gasteiger partial charge in [-0.2, -0.15) is 0 Å². The molecule has 0 spiro atoms. The Bertz CT molecular complexity index is 875. The number of hydrogen-bond acceptors (Lipinski definition) is 5. The minimum Gasteiger partial charge on any atom is -0.356 e. The minimum atomic E-state index is -0.270. The highest BCUT2D eigenvalue weighted by Gasteiger charge is 2.18. The lowest BCUT2D eigenvalue weighted by Crippen LogP contribution is -2.35. The van der Waals surface area contributed by atoms with E-state index in [0.717, 1.165) is 54.5 Å². The van der Waals surface area contributed by atoms with E-state index in [0.29, 0.717) is 18.4 Å². The molecule has 2 aromatic rings. The normalized spacial score (nSPS) is 13.8. The molecule has 1 saturated heterocycles. The minimum absolute atomic E-state index is 0.102. The zero-order chi connectivity index (χ0) is 22.9. The van der Waals surface area contributed by atoms with Crippen molar-refractivity contribution in [2.75, 3.05) is 39.0 Å². The average Bonchev–Trinajstić information content (AvgIpc) is 2.80. The van der Waals surface area contributed by atoms with E-state index in [4.69, 9.17) is 0 Å². The molecule has 7 nitrogen and oxygen atoms in total. The lowest BCUT2D eigenvalue weighted by molar-refractivity contribution is -0.168. The quantitative estimate of drug-likeness (QED) is 0.455. The first kappa shape index (κ1) is 23.8.